The summed E-state index contributed by atoms with van der Waals surface area (Å²) in [7, 11) is 0. The van der Waals surface area contributed by atoms with Crippen LogP contribution in [0.3, 0.4) is 0 Å². The van der Waals surface area contributed by atoms with Crippen LogP contribution >= 0.6 is 0 Å². The summed E-state index contributed by atoms with van der Waals surface area (Å²) in [5.41, 5.74) is 2.00. The van der Waals surface area contributed by atoms with Crippen molar-refractivity contribution in [3.63, 3.8) is 0 Å². The van der Waals surface area contributed by atoms with Crippen molar-refractivity contribution >= 4 is 11.8 Å². The first-order chi connectivity index (χ1) is 9.04. The third-order valence-corrected chi connectivity index (χ3v) is 4.05. The number of alkyl halides is 3. The highest BCUT2D eigenvalue weighted by Gasteiger charge is 2.41. The minimum atomic E-state index is -4.31. The lowest BCUT2D eigenvalue weighted by Gasteiger charge is -2.19. The SMILES string of the molecule is O=C=Nc1c2c(c(C(F)(F)F)c3c1CCC3)CCC2. The van der Waals surface area contributed by atoms with Crippen molar-refractivity contribution < 1.29 is 18.0 Å². The second-order valence-electron chi connectivity index (χ2n) is 5.05. The molecule has 2 nitrogen and oxygen atoms in total. The van der Waals surface area contributed by atoms with Gasteiger partial charge in [0, 0.05) is 0 Å². The fraction of sp³-hybridized carbons (Fsp3) is 0.500. The van der Waals surface area contributed by atoms with E-state index < -0.39 is 11.7 Å². The zero-order valence-corrected chi connectivity index (χ0v) is 10.2. The van der Waals surface area contributed by atoms with Crippen molar-refractivity contribution in [2.24, 2.45) is 4.99 Å². The van der Waals surface area contributed by atoms with Crippen LogP contribution in [0.5, 0.6) is 0 Å². The van der Waals surface area contributed by atoms with Crippen LogP contribution in [0, 0.1) is 0 Å². The second-order valence-corrected chi connectivity index (χ2v) is 5.05. The molecule has 1 aromatic carbocycles. The molecular weight excluding hydrogens is 255 g/mol. The van der Waals surface area contributed by atoms with Gasteiger partial charge in [0.25, 0.3) is 0 Å². The Balaban J connectivity index is 2.38. The summed E-state index contributed by atoms with van der Waals surface area (Å²) in [6, 6.07) is 0. The predicted octanol–water partition coefficient (Wildman–Crippen LogP) is 3.65. The Bertz CT molecular complexity index is 563. The van der Waals surface area contributed by atoms with Crippen LogP contribution in [0.4, 0.5) is 18.9 Å². The van der Waals surface area contributed by atoms with Gasteiger partial charge in [-0.3, -0.25) is 0 Å². The van der Waals surface area contributed by atoms with Crippen molar-refractivity contribution in [2.45, 2.75) is 44.7 Å². The Labute approximate surface area is 108 Å². The first-order valence-corrected chi connectivity index (χ1v) is 6.38. The molecule has 0 aliphatic heterocycles. The third kappa shape index (κ3) is 1.80. The number of halogens is 3. The smallest absolute Gasteiger partial charge is 0.211 e. The van der Waals surface area contributed by atoms with Gasteiger partial charge in [0.1, 0.15) is 0 Å². The number of benzene rings is 1. The Kier molecular flexibility index (Phi) is 2.75. The normalized spacial score (nSPS) is 17.0. The first kappa shape index (κ1) is 12.4. The van der Waals surface area contributed by atoms with Gasteiger partial charge in [-0.15, -0.1) is 0 Å². The van der Waals surface area contributed by atoms with E-state index in [1.807, 2.05) is 0 Å². The number of isocyanates is 1. The number of aliphatic imine (C=N–C) groups is 1. The highest BCUT2D eigenvalue weighted by Crippen LogP contribution is 2.48. The van der Waals surface area contributed by atoms with Crippen molar-refractivity contribution in [3.05, 3.63) is 27.8 Å². The van der Waals surface area contributed by atoms with E-state index in [-0.39, 0.29) is 0 Å². The van der Waals surface area contributed by atoms with E-state index in [0.29, 0.717) is 66.5 Å². The average molecular weight is 267 g/mol. The van der Waals surface area contributed by atoms with Gasteiger partial charge in [-0.2, -0.15) is 18.2 Å². The van der Waals surface area contributed by atoms with Gasteiger partial charge in [0.05, 0.1) is 11.3 Å². The van der Waals surface area contributed by atoms with Gasteiger partial charge < -0.3 is 0 Å². The molecule has 0 spiro atoms. The zero-order valence-electron chi connectivity index (χ0n) is 10.2. The van der Waals surface area contributed by atoms with Crippen LogP contribution in [0.1, 0.15) is 40.7 Å². The van der Waals surface area contributed by atoms with Crippen LogP contribution in [0.2, 0.25) is 0 Å². The van der Waals surface area contributed by atoms with Crippen molar-refractivity contribution in [1.82, 2.24) is 0 Å². The molecule has 2 aliphatic rings. The van der Waals surface area contributed by atoms with E-state index in [1.54, 1.807) is 0 Å². The lowest BCUT2D eigenvalue weighted by Crippen LogP contribution is -2.13. The topological polar surface area (TPSA) is 29.4 Å². The lowest BCUT2D eigenvalue weighted by molar-refractivity contribution is -0.138. The molecule has 0 fully saturated rings. The van der Waals surface area contributed by atoms with Crippen molar-refractivity contribution in [3.8, 4) is 0 Å². The van der Waals surface area contributed by atoms with Gasteiger partial charge in [0.2, 0.25) is 6.08 Å². The Morgan fingerprint density at radius 2 is 1.37 bits per heavy atom. The third-order valence-electron chi connectivity index (χ3n) is 4.05. The van der Waals surface area contributed by atoms with Crippen LogP contribution in [-0.4, -0.2) is 6.08 Å². The van der Waals surface area contributed by atoms with Gasteiger partial charge in [-0.1, -0.05) is 0 Å². The summed E-state index contributed by atoms with van der Waals surface area (Å²) < 4.78 is 39.9. The Morgan fingerprint density at radius 1 is 0.895 bits per heavy atom. The van der Waals surface area contributed by atoms with Crippen LogP contribution in [0.15, 0.2) is 4.99 Å². The number of hydrogen-bond acceptors (Lipinski definition) is 2. The van der Waals surface area contributed by atoms with Crippen molar-refractivity contribution in [1.29, 1.82) is 0 Å². The Morgan fingerprint density at radius 3 is 1.79 bits per heavy atom. The summed E-state index contributed by atoms with van der Waals surface area (Å²) in [6.07, 6.45) is 0.586. The summed E-state index contributed by atoms with van der Waals surface area (Å²) >= 11 is 0. The van der Waals surface area contributed by atoms with Gasteiger partial charge in [-0.25, -0.2) is 4.79 Å². The number of hydrogen-bond donors (Lipinski definition) is 0. The van der Waals surface area contributed by atoms with E-state index in [2.05, 4.69) is 4.99 Å². The molecule has 0 heterocycles. The zero-order chi connectivity index (χ0) is 13.6. The van der Waals surface area contributed by atoms with Gasteiger partial charge in [0.15, 0.2) is 0 Å². The minimum absolute atomic E-state index is 0.363. The highest BCUT2D eigenvalue weighted by molar-refractivity contribution is 5.69. The average Bonchev–Trinajstić information content (AvgIpc) is 2.94. The number of rotatable bonds is 1. The summed E-state index contributed by atoms with van der Waals surface area (Å²) in [6.45, 7) is 0. The molecule has 0 amide bonds. The molecule has 0 saturated carbocycles. The largest absolute Gasteiger partial charge is 0.416 e. The summed E-state index contributed by atoms with van der Waals surface area (Å²) in [5.74, 6) is 0. The summed E-state index contributed by atoms with van der Waals surface area (Å²) in [4.78, 5) is 14.2. The standard InChI is InChI=1S/C14H12F3NO/c15-14(16,17)12-8-3-1-5-10(8)13(18-7-19)11-6-2-4-9(11)12/h1-6H2. The van der Waals surface area contributed by atoms with E-state index in [0.717, 1.165) is 0 Å². The molecule has 100 valence electrons. The monoisotopic (exact) mass is 267 g/mol. The number of fused-ring (bicyclic) bond motifs is 2. The molecule has 2 aliphatic carbocycles. The Hall–Kier alpha value is -1.61. The highest BCUT2D eigenvalue weighted by atomic mass is 19.4. The number of carbonyl (C=O) groups excluding carboxylic acids is 1. The molecule has 19 heavy (non-hydrogen) atoms. The van der Waals surface area contributed by atoms with Crippen molar-refractivity contribution in [2.75, 3.05) is 0 Å². The molecular formula is C14H12F3NO. The molecule has 3 rings (SSSR count). The maximum Gasteiger partial charge on any atom is 0.416 e. The van der Waals surface area contributed by atoms with Crippen LogP contribution in [0.25, 0.3) is 0 Å². The molecule has 0 aromatic heterocycles. The van der Waals surface area contributed by atoms with Gasteiger partial charge >= 0.3 is 6.18 Å². The molecule has 0 unspecified atom stereocenters. The predicted molar refractivity (Wildman–Crippen MR) is 63.3 cm³/mol. The second kappa shape index (κ2) is 4.20. The maximum atomic E-state index is 13.3. The fourth-order valence-electron chi connectivity index (χ4n) is 3.45. The quantitative estimate of drug-likeness (QED) is 0.564. The molecule has 1 aromatic rings. The summed E-state index contributed by atoms with van der Waals surface area (Å²) in [5, 5.41) is 0. The minimum Gasteiger partial charge on any atom is -0.211 e. The first-order valence-electron chi connectivity index (χ1n) is 6.38. The van der Waals surface area contributed by atoms with Crippen LogP contribution < -0.4 is 0 Å². The molecule has 0 bridgehead atoms. The number of nitrogens with zero attached hydrogens (tertiary/aromatic N) is 1. The van der Waals surface area contributed by atoms with E-state index in [4.69, 9.17) is 0 Å². The molecule has 0 N–H and O–H groups in total. The molecule has 0 saturated heterocycles. The maximum absolute atomic E-state index is 13.3. The van der Waals surface area contributed by atoms with Gasteiger partial charge in [-0.05, 0) is 60.8 Å². The molecule has 5 heteroatoms. The van der Waals surface area contributed by atoms with E-state index in [9.17, 15) is 18.0 Å². The molecule has 0 radical (unpaired) electrons. The van der Waals surface area contributed by atoms with E-state index in [1.165, 1.54) is 6.08 Å². The molecule has 0 atom stereocenters. The van der Waals surface area contributed by atoms with Crippen LogP contribution in [-0.2, 0) is 36.7 Å². The van der Waals surface area contributed by atoms with E-state index >= 15 is 0 Å². The lowest BCUT2D eigenvalue weighted by atomic mass is 9.92. The fourth-order valence-corrected chi connectivity index (χ4v) is 3.45.